The van der Waals surface area contributed by atoms with E-state index >= 15 is 0 Å². The third-order valence-electron chi connectivity index (χ3n) is 14.2. The molecular formula is C46H58N8O. The number of nitrogens with zero attached hydrogens (tertiary/aromatic N) is 4. The third-order valence-corrected chi connectivity index (χ3v) is 14.2. The van der Waals surface area contributed by atoms with Gasteiger partial charge < -0.3 is 19.8 Å². The van der Waals surface area contributed by atoms with Gasteiger partial charge in [0.1, 0.15) is 0 Å². The van der Waals surface area contributed by atoms with Crippen molar-refractivity contribution in [1.82, 2.24) is 30.4 Å². The van der Waals surface area contributed by atoms with Crippen molar-refractivity contribution >= 4 is 39.1 Å². The van der Waals surface area contributed by atoms with Gasteiger partial charge in [0.25, 0.3) is 0 Å². The summed E-state index contributed by atoms with van der Waals surface area (Å²) in [5.74, 6) is 0.261. The lowest BCUT2D eigenvalue weighted by atomic mass is 9.76. The number of aromatic nitrogens is 6. The van der Waals surface area contributed by atoms with Gasteiger partial charge in [0, 0.05) is 57.2 Å². The monoisotopic (exact) mass is 738 g/mol. The molecule has 6 aromatic rings. The summed E-state index contributed by atoms with van der Waals surface area (Å²) in [7, 11) is 0. The molecule has 0 saturated carbocycles. The van der Waals surface area contributed by atoms with Crippen LogP contribution in [0.15, 0.2) is 36.7 Å². The fourth-order valence-corrected chi connectivity index (χ4v) is 10.8. The molecule has 4 aromatic heterocycles. The lowest BCUT2D eigenvalue weighted by molar-refractivity contribution is -0.123. The minimum atomic E-state index is -0.407. The van der Waals surface area contributed by atoms with Gasteiger partial charge in [0.15, 0.2) is 0 Å². The Morgan fingerprint density at radius 1 is 0.655 bits per heavy atom. The highest BCUT2D eigenvalue weighted by molar-refractivity contribution is 6.11. The maximum absolute atomic E-state index is 13.5. The Hall–Kier alpha value is -4.79. The molecule has 0 spiro atoms. The predicted octanol–water partition coefficient (Wildman–Crippen LogP) is 10.2. The van der Waals surface area contributed by atoms with E-state index < -0.39 is 5.41 Å². The van der Waals surface area contributed by atoms with Crippen molar-refractivity contribution in [3.63, 3.8) is 0 Å². The number of benzene rings is 2. The minimum absolute atomic E-state index is 0.153. The predicted molar refractivity (Wildman–Crippen MR) is 225 cm³/mol. The lowest BCUT2D eigenvalue weighted by Crippen LogP contribution is -2.42. The molecule has 2 aliphatic carbocycles. The molecule has 0 bridgehead atoms. The molecule has 0 fully saturated rings. The fraction of sp³-hybridized carbons (Fsp3) is 0.500. The van der Waals surface area contributed by atoms with Crippen LogP contribution in [0.1, 0.15) is 127 Å². The molecule has 55 heavy (non-hydrogen) atoms. The Morgan fingerprint density at radius 2 is 1.18 bits per heavy atom. The zero-order valence-corrected chi connectivity index (χ0v) is 34.1. The average Bonchev–Trinajstić information content (AvgIpc) is 4.02. The van der Waals surface area contributed by atoms with Crippen molar-refractivity contribution in [3.05, 3.63) is 70.0 Å². The number of fused-ring (bicyclic) bond motifs is 12. The smallest absolute Gasteiger partial charge is 0.237 e. The number of amides is 1. The van der Waals surface area contributed by atoms with Crippen LogP contribution in [-0.2, 0) is 41.3 Å². The second kappa shape index (κ2) is 13.2. The molecule has 0 saturated heterocycles. The van der Waals surface area contributed by atoms with E-state index in [0.29, 0.717) is 6.04 Å². The van der Waals surface area contributed by atoms with Crippen LogP contribution < -0.4 is 9.80 Å². The Kier molecular flexibility index (Phi) is 8.59. The summed E-state index contributed by atoms with van der Waals surface area (Å²) >= 11 is 0. The van der Waals surface area contributed by atoms with Gasteiger partial charge in [0.05, 0.1) is 40.6 Å². The largest absolute Gasteiger partial charge is 0.368 e. The number of carbonyl (C=O) groups excluding carboxylic acids is 1. The van der Waals surface area contributed by atoms with Gasteiger partial charge in [-0.2, -0.15) is 10.2 Å². The number of rotatable bonds is 6. The Bertz CT molecular complexity index is 2430. The molecule has 288 valence electrons. The molecule has 0 atom stereocenters. The van der Waals surface area contributed by atoms with E-state index in [-0.39, 0.29) is 17.4 Å². The van der Waals surface area contributed by atoms with Crippen molar-refractivity contribution < 1.29 is 4.79 Å². The van der Waals surface area contributed by atoms with Crippen molar-refractivity contribution in [2.45, 2.75) is 143 Å². The minimum Gasteiger partial charge on any atom is -0.368 e. The standard InChI is InChI=1S/C23H28N4O.C23H30N4/c1-5-23(6-2)17-11-18-16(10-19(17)27(13(3)4)22(23)28)15-9-7-8-14-12-24-26-20(14)21(15)25-18;1-5-23(6-2)13-27(14(3)4)20-10-17-16-9-7-8-15-12-24-26-21(15)22(16)25-19(17)11-18(20)23/h10-13,25H,5-9H2,1-4H3,(H,24,26);10-12,14,25H,5-9,13H2,1-4H3,(H,24,26). The molecule has 4 N–H and O–H groups in total. The highest BCUT2D eigenvalue weighted by Gasteiger charge is 2.49. The highest BCUT2D eigenvalue weighted by atomic mass is 16.2. The quantitative estimate of drug-likeness (QED) is 0.136. The molecule has 6 heterocycles. The van der Waals surface area contributed by atoms with Gasteiger partial charge in [-0.15, -0.1) is 0 Å². The van der Waals surface area contributed by atoms with Crippen LogP contribution in [-0.4, -0.2) is 54.9 Å². The van der Waals surface area contributed by atoms with Gasteiger partial charge in [0.2, 0.25) is 5.91 Å². The molecular weight excluding hydrogens is 681 g/mol. The van der Waals surface area contributed by atoms with E-state index in [9.17, 15) is 4.79 Å². The van der Waals surface area contributed by atoms with Gasteiger partial charge in [-0.25, -0.2) is 0 Å². The lowest BCUT2D eigenvalue weighted by Gasteiger charge is -2.30. The summed E-state index contributed by atoms with van der Waals surface area (Å²) in [5.41, 5.74) is 17.8. The van der Waals surface area contributed by atoms with Crippen LogP contribution >= 0.6 is 0 Å². The van der Waals surface area contributed by atoms with Crippen molar-refractivity contribution in [2.75, 3.05) is 16.3 Å². The Morgan fingerprint density at radius 3 is 1.67 bits per heavy atom. The van der Waals surface area contributed by atoms with E-state index in [1.54, 1.807) is 0 Å². The van der Waals surface area contributed by atoms with Crippen LogP contribution in [0, 0.1) is 0 Å². The van der Waals surface area contributed by atoms with Gasteiger partial charge >= 0.3 is 0 Å². The van der Waals surface area contributed by atoms with E-state index in [1.807, 2.05) is 17.3 Å². The van der Waals surface area contributed by atoms with Crippen LogP contribution in [0.25, 0.3) is 44.6 Å². The highest BCUT2D eigenvalue weighted by Crippen LogP contribution is 2.51. The second-order valence-electron chi connectivity index (χ2n) is 17.3. The summed E-state index contributed by atoms with van der Waals surface area (Å²) in [6.45, 7) is 19.0. The summed E-state index contributed by atoms with van der Waals surface area (Å²) in [5, 5.41) is 17.7. The first kappa shape index (κ1) is 35.9. The fourth-order valence-electron chi connectivity index (χ4n) is 10.8. The van der Waals surface area contributed by atoms with Crippen molar-refractivity contribution in [2.24, 2.45) is 0 Å². The van der Waals surface area contributed by atoms with Crippen molar-refractivity contribution in [1.29, 1.82) is 0 Å². The van der Waals surface area contributed by atoms with E-state index in [4.69, 9.17) is 0 Å². The summed E-state index contributed by atoms with van der Waals surface area (Å²) in [6, 6.07) is 10.1. The number of nitrogens with one attached hydrogen (secondary N) is 4. The van der Waals surface area contributed by atoms with Crippen LogP contribution in [0.3, 0.4) is 0 Å². The van der Waals surface area contributed by atoms with E-state index in [2.05, 4.69) is 115 Å². The van der Waals surface area contributed by atoms with Gasteiger partial charge in [-0.1, -0.05) is 27.7 Å². The van der Waals surface area contributed by atoms with Crippen LogP contribution in [0.2, 0.25) is 0 Å². The van der Waals surface area contributed by atoms with E-state index in [1.165, 1.54) is 91.7 Å². The Balaban J connectivity index is 0.000000144. The molecule has 10 rings (SSSR count). The summed E-state index contributed by atoms with van der Waals surface area (Å²) in [4.78, 5) is 25.6. The summed E-state index contributed by atoms with van der Waals surface area (Å²) in [6.07, 6.45) is 14.6. The topological polar surface area (TPSA) is 112 Å². The number of aromatic amines is 4. The molecule has 0 radical (unpaired) electrons. The SMILES string of the molecule is CCC1(CC)C(=O)N(C(C)C)c2cc3c4c([nH]c3cc21)-c1[nH]ncc1CCC4.CCC1(CC)CN(C(C)C)c2cc3c4c([nH]c3cc21)-c1[nH]ncc1CCC4. The third kappa shape index (κ3) is 5.13. The zero-order valence-electron chi connectivity index (χ0n) is 34.1. The molecule has 9 nitrogen and oxygen atoms in total. The number of aryl methyl sites for hydroxylation is 4. The van der Waals surface area contributed by atoms with E-state index in [0.717, 1.165) is 68.4 Å². The normalized spacial score (nSPS) is 17.8. The molecule has 2 aromatic carbocycles. The first-order chi connectivity index (χ1) is 26.6. The Labute approximate surface area is 325 Å². The average molecular weight is 739 g/mol. The summed E-state index contributed by atoms with van der Waals surface area (Å²) < 4.78 is 0. The van der Waals surface area contributed by atoms with Gasteiger partial charge in [-0.3, -0.25) is 15.0 Å². The molecule has 0 unspecified atom stereocenters. The zero-order chi connectivity index (χ0) is 38.4. The number of hydrogen-bond donors (Lipinski definition) is 4. The van der Waals surface area contributed by atoms with Crippen LogP contribution in [0.5, 0.6) is 0 Å². The number of carbonyl (C=O) groups is 1. The molecule has 1 amide bonds. The van der Waals surface area contributed by atoms with Gasteiger partial charge in [-0.05, 0) is 150 Å². The van der Waals surface area contributed by atoms with Crippen molar-refractivity contribution in [3.8, 4) is 22.8 Å². The maximum Gasteiger partial charge on any atom is 0.237 e. The number of anilines is 2. The molecule has 9 heteroatoms. The number of hydrogen-bond acceptors (Lipinski definition) is 4. The van der Waals surface area contributed by atoms with Crippen LogP contribution in [0.4, 0.5) is 11.4 Å². The first-order valence-electron chi connectivity index (χ1n) is 21.1. The molecule has 2 aliphatic heterocycles. The number of H-pyrrole nitrogens is 4. The maximum atomic E-state index is 13.5. The second-order valence-corrected chi connectivity index (χ2v) is 17.3. The molecule has 4 aliphatic rings. The first-order valence-corrected chi connectivity index (χ1v) is 21.1.